The predicted molar refractivity (Wildman–Crippen MR) is 83.3 cm³/mol. The topological polar surface area (TPSA) is 101 Å². The van der Waals surface area contributed by atoms with Gasteiger partial charge in [-0.2, -0.15) is 4.98 Å². The lowest BCUT2D eigenvalue weighted by molar-refractivity contribution is -0.124. The molecule has 2 N–H and O–H groups in total. The Morgan fingerprint density at radius 2 is 2.05 bits per heavy atom. The number of hydrogen-bond acceptors (Lipinski definition) is 5. The number of nitrogens with one attached hydrogen (secondary N) is 2. The lowest BCUT2D eigenvalue weighted by Crippen LogP contribution is -2.51. The molecule has 0 aliphatic rings. The molecule has 0 bridgehead atoms. The van der Waals surface area contributed by atoms with Gasteiger partial charge in [0.25, 0.3) is 11.7 Å². The number of aromatic nitrogens is 4. The Labute approximate surface area is 135 Å². The quantitative estimate of drug-likeness (QED) is 0.838. The van der Waals surface area contributed by atoms with E-state index in [1.807, 2.05) is 20.8 Å². The molecule has 2 rings (SSSR count). The summed E-state index contributed by atoms with van der Waals surface area (Å²) in [6.07, 6.45) is 3.20. The van der Waals surface area contributed by atoms with Crippen LogP contribution in [0.15, 0.2) is 16.9 Å². The third-order valence-electron chi connectivity index (χ3n) is 2.60. The largest absolute Gasteiger partial charge is 0.350 e. The van der Waals surface area contributed by atoms with Crippen molar-refractivity contribution in [2.75, 3.05) is 0 Å². The highest BCUT2D eigenvalue weighted by Crippen LogP contribution is 2.07. The molecule has 0 radical (unpaired) electrons. The number of rotatable bonds is 3. The van der Waals surface area contributed by atoms with Gasteiger partial charge in [-0.15, -0.1) is 5.10 Å². The maximum atomic E-state index is 12.1. The van der Waals surface area contributed by atoms with Crippen LogP contribution in [0.1, 0.15) is 38.3 Å². The summed E-state index contributed by atoms with van der Waals surface area (Å²) >= 11 is 3.26. The molecule has 1 unspecified atom stereocenters. The molecule has 0 fully saturated rings. The molecule has 0 aliphatic heterocycles. The van der Waals surface area contributed by atoms with Crippen LogP contribution in [-0.4, -0.2) is 43.0 Å². The first-order valence-corrected chi connectivity index (χ1v) is 7.46. The molecule has 8 nitrogen and oxygen atoms in total. The molecule has 0 saturated carbocycles. The number of amides is 2. The minimum absolute atomic E-state index is 0.0407. The fourth-order valence-corrected chi connectivity index (χ4v) is 1.96. The minimum Gasteiger partial charge on any atom is -0.350 e. The highest BCUT2D eigenvalue weighted by Gasteiger charge is 2.23. The van der Waals surface area contributed by atoms with Crippen molar-refractivity contribution >= 4 is 33.5 Å². The molecule has 2 aromatic rings. The number of carbonyl (C=O) groups excluding carboxylic acids is 2. The summed E-state index contributed by atoms with van der Waals surface area (Å²) < 4.78 is 2.11. The van der Waals surface area contributed by atoms with Gasteiger partial charge < -0.3 is 10.6 Å². The van der Waals surface area contributed by atoms with E-state index in [0.717, 1.165) is 4.47 Å². The zero-order chi connectivity index (χ0) is 16.5. The number of fused-ring (bicyclic) bond motifs is 1. The summed E-state index contributed by atoms with van der Waals surface area (Å²) in [5, 5.41) is 9.39. The Hall–Kier alpha value is -2.03. The van der Waals surface area contributed by atoms with Crippen molar-refractivity contribution in [3.63, 3.8) is 0 Å². The van der Waals surface area contributed by atoms with Crippen molar-refractivity contribution in [3.05, 3.63) is 22.7 Å². The molecule has 0 aromatic carbocycles. The Bertz CT molecular complexity index is 721. The van der Waals surface area contributed by atoms with Crippen molar-refractivity contribution in [1.29, 1.82) is 0 Å². The van der Waals surface area contributed by atoms with Gasteiger partial charge in [0.05, 0.1) is 4.47 Å². The van der Waals surface area contributed by atoms with E-state index in [4.69, 9.17) is 0 Å². The molecule has 22 heavy (non-hydrogen) atoms. The first-order chi connectivity index (χ1) is 10.2. The molecule has 2 heterocycles. The van der Waals surface area contributed by atoms with Gasteiger partial charge in [0, 0.05) is 17.9 Å². The van der Waals surface area contributed by atoms with Crippen LogP contribution in [0.2, 0.25) is 0 Å². The Kier molecular flexibility index (Phi) is 4.45. The zero-order valence-corrected chi connectivity index (χ0v) is 14.3. The second-order valence-electron chi connectivity index (χ2n) is 5.89. The number of hydrogen-bond donors (Lipinski definition) is 2. The van der Waals surface area contributed by atoms with Crippen LogP contribution in [0, 0.1) is 0 Å². The standard InChI is InChI=1S/C13H17BrN6O2/c1-7(10(21)18-13(2,3)4)16-11(22)9-17-12-15-5-8(14)6-20(12)19-9/h5-7H,1-4H3,(H,16,22)(H,18,21). The average Bonchev–Trinajstić information content (AvgIpc) is 2.79. The van der Waals surface area contributed by atoms with Gasteiger partial charge >= 0.3 is 0 Å². The number of halogens is 1. The third-order valence-corrected chi connectivity index (χ3v) is 3.01. The van der Waals surface area contributed by atoms with Crippen molar-refractivity contribution in [2.45, 2.75) is 39.3 Å². The fourth-order valence-electron chi connectivity index (χ4n) is 1.66. The minimum atomic E-state index is -0.696. The van der Waals surface area contributed by atoms with E-state index in [2.05, 4.69) is 41.6 Å². The van der Waals surface area contributed by atoms with Crippen molar-refractivity contribution < 1.29 is 9.59 Å². The smallest absolute Gasteiger partial charge is 0.291 e. The molecule has 0 aliphatic carbocycles. The van der Waals surface area contributed by atoms with Crippen LogP contribution in [0.5, 0.6) is 0 Å². The lowest BCUT2D eigenvalue weighted by atomic mass is 10.1. The Balaban J connectivity index is 2.08. The number of carbonyl (C=O) groups is 2. The van der Waals surface area contributed by atoms with E-state index in [1.165, 1.54) is 4.52 Å². The van der Waals surface area contributed by atoms with E-state index in [9.17, 15) is 9.59 Å². The third kappa shape index (κ3) is 4.00. The van der Waals surface area contributed by atoms with Gasteiger partial charge in [0.15, 0.2) is 0 Å². The zero-order valence-electron chi connectivity index (χ0n) is 12.7. The van der Waals surface area contributed by atoms with Crippen LogP contribution in [-0.2, 0) is 4.79 Å². The molecule has 0 spiro atoms. The van der Waals surface area contributed by atoms with Gasteiger partial charge in [0.2, 0.25) is 11.7 Å². The molecule has 2 amide bonds. The molecule has 2 aromatic heterocycles. The average molecular weight is 369 g/mol. The van der Waals surface area contributed by atoms with E-state index < -0.39 is 11.9 Å². The van der Waals surface area contributed by atoms with E-state index in [1.54, 1.807) is 19.3 Å². The normalized spacial score (nSPS) is 13.0. The highest BCUT2D eigenvalue weighted by atomic mass is 79.9. The Morgan fingerprint density at radius 1 is 1.36 bits per heavy atom. The summed E-state index contributed by atoms with van der Waals surface area (Å²) in [5.74, 6) is -0.537. The number of nitrogens with zero attached hydrogens (tertiary/aromatic N) is 4. The highest BCUT2D eigenvalue weighted by molar-refractivity contribution is 9.10. The molecular weight excluding hydrogens is 352 g/mol. The van der Waals surface area contributed by atoms with Gasteiger partial charge in [-0.3, -0.25) is 9.59 Å². The summed E-state index contributed by atoms with van der Waals surface area (Å²) in [6, 6.07) is -0.696. The van der Waals surface area contributed by atoms with Crippen LogP contribution in [0.25, 0.3) is 5.78 Å². The first kappa shape index (κ1) is 16.3. The van der Waals surface area contributed by atoms with Crippen LogP contribution in [0.3, 0.4) is 0 Å². The maximum absolute atomic E-state index is 12.1. The molecule has 118 valence electrons. The maximum Gasteiger partial charge on any atom is 0.291 e. The van der Waals surface area contributed by atoms with Gasteiger partial charge in [0.1, 0.15) is 6.04 Å². The summed E-state index contributed by atoms with van der Waals surface area (Å²) in [6.45, 7) is 7.20. The van der Waals surface area contributed by atoms with Gasteiger partial charge in [-0.05, 0) is 43.6 Å². The van der Waals surface area contributed by atoms with Crippen LogP contribution >= 0.6 is 15.9 Å². The molecular formula is C13H17BrN6O2. The van der Waals surface area contributed by atoms with Crippen LogP contribution < -0.4 is 10.6 Å². The Morgan fingerprint density at radius 3 is 2.68 bits per heavy atom. The molecule has 1 atom stereocenters. The lowest BCUT2D eigenvalue weighted by Gasteiger charge is -2.23. The summed E-state index contributed by atoms with van der Waals surface area (Å²) in [4.78, 5) is 32.1. The summed E-state index contributed by atoms with van der Waals surface area (Å²) in [5.41, 5.74) is -0.367. The second kappa shape index (κ2) is 5.99. The second-order valence-corrected chi connectivity index (χ2v) is 6.80. The van der Waals surface area contributed by atoms with E-state index >= 15 is 0 Å². The molecule has 0 saturated heterocycles. The predicted octanol–water partition coefficient (Wildman–Crippen LogP) is 0.920. The monoisotopic (exact) mass is 368 g/mol. The summed E-state index contributed by atoms with van der Waals surface area (Å²) in [7, 11) is 0. The van der Waals surface area contributed by atoms with Crippen molar-refractivity contribution in [3.8, 4) is 0 Å². The molecule has 9 heteroatoms. The van der Waals surface area contributed by atoms with E-state index in [0.29, 0.717) is 5.78 Å². The van der Waals surface area contributed by atoms with Crippen molar-refractivity contribution in [1.82, 2.24) is 30.2 Å². The van der Waals surface area contributed by atoms with Crippen LogP contribution in [0.4, 0.5) is 0 Å². The SMILES string of the molecule is CC(NC(=O)c1nc2ncc(Br)cn2n1)C(=O)NC(C)(C)C. The van der Waals surface area contributed by atoms with Gasteiger partial charge in [-0.1, -0.05) is 0 Å². The van der Waals surface area contributed by atoms with Gasteiger partial charge in [-0.25, -0.2) is 9.50 Å². The first-order valence-electron chi connectivity index (χ1n) is 6.66. The van der Waals surface area contributed by atoms with Crippen molar-refractivity contribution in [2.24, 2.45) is 0 Å². The van der Waals surface area contributed by atoms with E-state index in [-0.39, 0.29) is 17.3 Å². The fraction of sp³-hybridized carbons (Fsp3) is 0.462.